The Labute approximate surface area is 172 Å². The van der Waals surface area contributed by atoms with Gasteiger partial charge in [-0.15, -0.1) is 0 Å². The number of halogens is 1. The fourth-order valence-corrected chi connectivity index (χ4v) is 4.58. The smallest absolute Gasteiger partial charge is 0.244 e. The van der Waals surface area contributed by atoms with E-state index in [9.17, 15) is 9.59 Å². The van der Waals surface area contributed by atoms with Crippen molar-refractivity contribution in [1.82, 2.24) is 0 Å². The molecule has 144 valence electrons. The van der Waals surface area contributed by atoms with Crippen molar-refractivity contribution in [1.29, 1.82) is 0 Å². The van der Waals surface area contributed by atoms with Crippen LogP contribution in [0.3, 0.4) is 0 Å². The average molecular weight is 405 g/mol. The van der Waals surface area contributed by atoms with Crippen LogP contribution in [0.2, 0.25) is 5.02 Å². The number of rotatable bonds is 3. The molecule has 5 rings (SSSR count). The highest BCUT2D eigenvalue weighted by Crippen LogP contribution is 2.52. The van der Waals surface area contributed by atoms with Gasteiger partial charge in [0.25, 0.3) is 0 Å². The molecule has 6 heteroatoms. The minimum atomic E-state index is -0.765. The van der Waals surface area contributed by atoms with Gasteiger partial charge in [-0.05, 0) is 42.0 Å². The second-order valence-corrected chi connectivity index (χ2v) is 7.81. The highest BCUT2D eigenvalue weighted by Gasteiger charge is 2.58. The van der Waals surface area contributed by atoms with E-state index in [1.807, 2.05) is 48.3 Å². The molecule has 1 spiro atoms. The van der Waals surface area contributed by atoms with E-state index in [1.165, 1.54) is 6.26 Å². The van der Waals surface area contributed by atoms with Gasteiger partial charge < -0.3 is 4.42 Å². The SMILES string of the molecule is CC1C(C(=O)c2ccco2)=NN(c2ccc(Cl)cc2)C12CC(=O)c1ccccc12. The van der Waals surface area contributed by atoms with Crippen molar-refractivity contribution < 1.29 is 14.0 Å². The molecule has 2 heterocycles. The highest BCUT2D eigenvalue weighted by molar-refractivity contribution is 6.47. The number of carbonyl (C=O) groups is 2. The largest absolute Gasteiger partial charge is 0.461 e. The summed E-state index contributed by atoms with van der Waals surface area (Å²) in [6.07, 6.45) is 1.71. The van der Waals surface area contributed by atoms with Crippen LogP contribution in [0.15, 0.2) is 76.4 Å². The molecule has 2 unspecified atom stereocenters. The first-order valence-corrected chi connectivity index (χ1v) is 9.75. The summed E-state index contributed by atoms with van der Waals surface area (Å²) in [5.41, 5.74) is 1.95. The Kier molecular flexibility index (Phi) is 3.96. The Morgan fingerprint density at radius 3 is 2.62 bits per heavy atom. The number of hydrazone groups is 1. The topological polar surface area (TPSA) is 62.9 Å². The maximum Gasteiger partial charge on any atom is 0.244 e. The third-order valence-corrected chi connectivity index (χ3v) is 6.14. The molecule has 3 aromatic rings. The summed E-state index contributed by atoms with van der Waals surface area (Å²) in [5.74, 6) is -0.298. The summed E-state index contributed by atoms with van der Waals surface area (Å²) < 4.78 is 5.32. The van der Waals surface area contributed by atoms with Crippen LogP contribution in [0.4, 0.5) is 5.69 Å². The number of fused-ring (bicyclic) bond motifs is 2. The normalized spacial score (nSPS) is 22.8. The van der Waals surface area contributed by atoms with Crippen molar-refractivity contribution in [3.05, 3.63) is 88.8 Å². The molecule has 2 aromatic carbocycles. The van der Waals surface area contributed by atoms with Crippen LogP contribution >= 0.6 is 11.6 Å². The zero-order valence-corrected chi connectivity index (χ0v) is 16.4. The second kappa shape index (κ2) is 6.42. The zero-order chi connectivity index (χ0) is 20.2. The van der Waals surface area contributed by atoms with Crippen LogP contribution in [0, 0.1) is 5.92 Å². The molecule has 0 fully saturated rings. The third kappa shape index (κ3) is 2.51. The lowest BCUT2D eigenvalue weighted by Gasteiger charge is -2.38. The van der Waals surface area contributed by atoms with Crippen LogP contribution in [0.1, 0.15) is 39.8 Å². The standard InChI is InChI=1S/C23H17ClN2O3/c1-14-21(22(28)20-7-4-12-29-20)25-26(16-10-8-15(24)9-11-16)23(14)13-19(27)17-5-2-3-6-18(17)23/h2-12,14H,13H2,1H3. The molecule has 5 nitrogen and oxygen atoms in total. The van der Waals surface area contributed by atoms with E-state index in [4.69, 9.17) is 21.1 Å². The van der Waals surface area contributed by atoms with Crippen LogP contribution in [0.25, 0.3) is 0 Å². The molecule has 2 atom stereocenters. The number of ketones is 2. The van der Waals surface area contributed by atoms with Crippen molar-refractivity contribution in [2.24, 2.45) is 11.0 Å². The molecular weight excluding hydrogens is 388 g/mol. The number of benzene rings is 2. The monoisotopic (exact) mass is 404 g/mol. The third-order valence-electron chi connectivity index (χ3n) is 5.88. The molecule has 2 aliphatic rings. The fraction of sp³-hybridized carbons (Fsp3) is 0.174. The number of carbonyl (C=O) groups excluding carboxylic acids is 2. The molecular formula is C23H17ClN2O3. The summed E-state index contributed by atoms with van der Waals surface area (Å²) in [5, 5.41) is 7.16. The lowest BCUT2D eigenvalue weighted by molar-refractivity contribution is 0.0962. The van der Waals surface area contributed by atoms with Gasteiger partial charge in [0.05, 0.1) is 12.0 Å². The molecule has 1 aliphatic carbocycles. The Morgan fingerprint density at radius 1 is 1.14 bits per heavy atom. The second-order valence-electron chi connectivity index (χ2n) is 7.37. The lowest BCUT2D eigenvalue weighted by atomic mass is 9.77. The van der Waals surface area contributed by atoms with Gasteiger partial charge in [0.1, 0.15) is 11.3 Å². The predicted octanol–water partition coefficient (Wildman–Crippen LogP) is 5.11. The van der Waals surface area contributed by atoms with Crippen molar-refractivity contribution in [2.45, 2.75) is 18.9 Å². The van der Waals surface area contributed by atoms with Crippen LogP contribution < -0.4 is 5.01 Å². The number of nitrogens with zero attached hydrogens (tertiary/aromatic N) is 2. The first-order valence-electron chi connectivity index (χ1n) is 9.37. The van der Waals surface area contributed by atoms with Crippen molar-refractivity contribution in [3.8, 4) is 0 Å². The van der Waals surface area contributed by atoms with E-state index in [0.717, 1.165) is 11.3 Å². The van der Waals surface area contributed by atoms with Gasteiger partial charge in [-0.25, -0.2) is 0 Å². The molecule has 0 radical (unpaired) electrons. The first kappa shape index (κ1) is 17.9. The molecule has 1 aliphatic heterocycles. The molecule has 0 saturated heterocycles. The molecule has 0 amide bonds. The molecule has 0 saturated carbocycles. The summed E-state index contributed by atoms with van der Waals surface area (Å²) in [4.78, 5) is 26.0. The predicted molar refractivity (Wildman–Crippen MR) is 111 cm³/mol. The van der Waals surface area contributed by atoms with Gasteiger partial charge in [-0.3, -0.25) is 14.6 Å². The lowest BCUT2D eigenvalue weighted by Crippen LogP contribution is -2.44. The maximum atomic E-state index is 13.1. The molecule has 0 bridgehead atoms. The van der Waals surface area contributed by atoms with Gasteiger partial charge in [-0.2, -0.15) is 5.10 Å². The Hall–Kier alpha value is -3.18. The number of furan rings is 1. The van der Waals surface area contributed by atoms with Crippen LogP contribution in [-0.2, 0) is 5.54 Å². The van der Waals surface area contributed by atoms with Gasteiger partial charge >= 0.3 is 0 Å². The minimum absolute atomic E-state index is 0.0494. The number of Topliss-reactive ketones (excluding diaryl/α,β-unsaturated/α-hetero) is 2. The van der Waals surface area contributed by atoms with Crippen molar-refractivity contribution >= 4 is 34.6 Å². The van der Waals surface area contributed by atoms with E-state index in [0.29, 0.717) is 16.3 Å². The zero-order valence-electron chi connectivity index (χ0n) is 15.6. The van der Waals surface area contributed by atoms with E-state index < -0.39 is 5.54 Å². The average Bonchev–Trinajstić information content (AvgIpc) is 3.43. The summed E-state index contributed by atoms with van der Waals surface area (Å²) in [6.45, 7) is 1.95. The van der Waals surface area contributed by atoms with E-state index in [2.05, 4.69) is 0 Å². The number of hydrogen-bond acceptors (Lipinski definition) is 5. The van der Waals surface area contributed by atoms with Crippen molar-refractivity contribution in [3.63, 3.8) is 0 Å². The highest BCUT2D eigenvalue weighted by atomic mass is 35.5. The van der Waals surface area contributed by atoms with E-state index in [1.54, 1.807) is 24.3 Å². The van der Waals surface area contributed by atoms with Gasteiger partial charge in [0, 0.05) is 22.9 Å². The Morgan fingerprint density at radius 2 is 1.90 bits per heavy atom. The fourth-order valence-electron chi connectivity index (χ4n) is 4.45. The van der Waals surface area contributed by atoms with Crippen LogP contribution in [-0.4, -0.2) is 17.3 Å². The summed E-state index contributed by atoms with van der Waals surface area (Å²) in [7, 11) is 0. The van der Waals surface area contributed by atoms with E-state index >= 15 is 0 Å². The molecule has 29 heavy (non-hydrogen) atoms. The summed E-state index contributed by atoms with van der Waals surface area (Å²) in [6, 6.07) is 18.1. The van der Waals surface area contributed by atoms with E-state index in [-0.39, 0.29) is 29.7 Å². The Balaban J connectivity index is 1.71. The van der Waals surface area contributed by atoms with Gasteiger partial charge in [0.15, 0.2) is 11.5 Å². The molecule has 1 aromatic heterocycles. The maximum absolute atomic E-state index is 13.1. The number of hydrogen-bond donors (Lipinski definition) is 0. The van der Waals surface area contributed by atoms with Gasteiger partial charge in [-0.1, -0.05) is 42.8 Å². The Bertz CT molecular complexity index is 1150. The number of anilines is 1. The quantitative estimate of drug-likeness (QED) is 0.569. The summed E-state index contributed by atoms with van der Waals surface area (Å²) >= 11 is 6.07. The first-order chi connectivity index (χ1) is 14.0. The van der Waals surface area contributed by atoms with Gasteiger partial charge in [0.2, 0.25) is 5.78 Å². The van der Waals surface area contributed by atoms with Crippen molar-refractivity contribution in [2.75, 3.05) is 5.01 Å². The van der Waals surface area contributed by atoms with Crippen LogP contribution in [0.5, 0.6) is 0 Å². The minimum Gasteiger partial charge on any atom is -0.461 e. The molecule has 0 N–H and O–H groups in total.